The molecule has 3 aromatic carbocycles. The molecule has 2 nitrogen and oxygen atoms in total. The van der Waals surface area contributed by atoms with E-state index < -0.39 is 0 Å². The summed E-state index contributed by atoms with van der Waals surface area (Å²) in [4.78, 5) is 0. The lowest BCUT2D eigenvalue weighted by Gasteiger charge is -2.15. The molecule has 1 aliphatic carbocycles. The normalized spacial score (nSPS) is 13.9. The molecule has 0 saturated carbocycles. The molecule has 0 radical (unpaired) electrons. The maximum absolute atomic E-state index is 8.87. The van der Waals surface area contributed by atoms with Crippen molar-refractivity contribution in [3.63, 3.8) is 0 Å². The second-order valence-corrected chi connectivity index (χ2v) is 11.0. The Bertz CT molecular complexity index is 1750. The largest absolute Gasteiger partial charge is 0.455 e. The van der Waals surface area contributed by atoms with Crippen LogP contribution in [0.2, 0.25) is 0 Å². The van der Waals surface area contributed by atoms with Gasteiger partial charge in [-0.2, -0.15) is 0 Å². The lowest BCUT2D eigenvalue weighted by molar-refractivity contribution is -0.672. The van der Waals surface area contributed by atoms with Crippen molar-refractivity contribution in [2.75, 3.05) is 0 Å². The van der Waals surface area contributed by atoms with Crippen LogP contribution in [0.25, 0.3) is 43.9 Å². The fourth-order valence-corrected chi connectivity index (χ4v) is 5.88. The van der Waals surface area contributed by atoms with Gasteiger partial charge in [-0.1, -0.05) is 58.0 Å². The standard InChI is InChI=1S/C33H34NO/c1-18(2)14-25-26-17-23(19(3)4)16-22-12-13-34(7)32(30(22)26)31(25)29-21(6)20(5)15-27-24-10-8-9-11-28(24)35-33(27)29/h8-13,15-19H,14H2,1-7H3/q+1/i13D. The first-order chi connectivity index (χ1) is 17.2. The SMILES string of the molecule is [2H]c1cc2cc(C(C)C)cc3c2c([n+]1C)C(c1c(C)c(C)cc2c1oc1ccccc12)=C3CC(C)C. The minimum atomic E-state index is 0.421. The van der Waals surface area contributed by atoms with E-state index in [1.54, 1.807) is 0 Å². The zero-order valence-electron chi connectivity index (χ0n) is 22.8. The van der Waals surface area contributed by atoms with Crippen LogP contribution in [0.1, 0.15) is 74.9 Å². The summed E-state index contributed by atoms with van der Waals surface area (Å²) in [6, 6.07) is 17.4. The van der Waals surface area contributed by atoms with E-state index in [-0.39, 0.29) is 0 Å². The van der Waals surface area contributed by atoms with Gasteiger partial charge in [0, 0.05) is 22.4 Å². The zero-order valence-corrected chi connectivity index (χ0v) is 21.8. The van der Waals surface area contributed by atoms with Gasteiger partial charge < -0.3 is 4.42 Å². The first-order valence-corrected chi connectivity index (χ1v) is 12.8. The molecule has 35 heavy (non-hydrogen) atoms. The molecule has 0 amide bonds. The van der Waals surface area contributed by atoms with Gasteiger partial charge in [0.15, 0.2) is 6.17 Å². The Morgan fingerprint density at radius 2 is 1.74 bits per heavy atom. The molecule has 2 heteroatoms. The highest BCUT2D eigenvalue weighted by Crippen LogP contribution is 2.50. The Balaban J connectivity index is 1.83. The molecule has 5 aromatic rings. The summed E-state index contributed by atoms with van der Waals surface area (Å²) >= 11 is 0. The fraction of sp³-hybridized carbons (Fsp3) is 0.303. The smallest absolute Gasteiger partial charge is 0.221 e. The number of rotatable bonds is 4. The number of allylic oxidation sites excluding steroid dienone is 1. The summed E-state index contributed by atoms with van der Waals surface area (Å²) in [5.41, 5.74) is 12.0. The van der Waals surface area contributed by atoms with Gasteiger partial charge in [0.2, 0.25) is 5.69 Å². The van der Waals surface area contributed by atoms with Crippen molar-refractivity contribution in [2.45, 2.75) is 53.9 Å². The van der Waals surface area contributed by atoms with Crippen molar-refractivity contribution in [3.8, 4) is 0 Å². The van der Waals surface area contributed by atoms with Crippen LogP contribution in [0, 0.1) is 19.8 Å². The molecule has 0 bridgehead atoms. The van der Waals surface area contributed by atoms with Crippen molar-refractivity contribution in [1.82, 2.24) is 0 Å². The Labute approximate surface area is 209 Å². The van der Waals surface area contributed by atoms with Gasteiger partial charge >= 0.3 is 0 Å². The van der Waals surface area contributed by atoms with E-state index in [0.717, 1.165) is 34.1 Å². The number of para-hydroxylation sites is 1. The number of fused-ring (bicyclic) bond motifs is 3. The molecule has 1 aliphatic rings. The highest BCUT2D eigenvalue weighted by atomic mass is 16.3. The number of hydrogen-bond donors (Lipinski definition) is 0. The van der Waals surface area contributed by atoms with E-state index in [4.69, 9.17) is 5.79 Å². The van der Waals surface area contributed by atoms with Crippen molar-refractivity contribution < 1.29 is 10.4 Å². The van der Waals surface area contributed by atoms with Crippen molar-refractivity contribution >= 4 is 43.9 Å². The lowest BCUT2D eigenvalue weighted by Crippen LogP contribution is -2.32. The minimum Gasteiger partial charge on any atom is -0.455 e. The number of pyridine rings is 1. The van der Waals surface area contributed by atoms with Crippen molar-refractivity contribution in [1.29, 1.82) is 0 Å². The quantitative estimate of drug-likeness (QED) is 0.245. The van der Waals surface area contributed by atoms with Crippen LogP contribution in [0.4, 0.5) is 0 Å². The Morgan fingerprint density at radius 1 is 0.971 bits per heavy atom. The molecular weight excluding hydrogens is 426 g/mol. The number of hydrogen-bond acceptors (Lipinski definition) is 1. The average Bonchev–Trinajstić information content (AvgIpc) is 3.34. The predicted octanol–water partition coefficient (Wildman–Crippen LogP) is 8.62. The third-order valence-electron chi connectivity index (χ3n) is 7.76. The summed E-state index contributed by atoms with van der Waals surface area (Å²) in [5.74, 6) is 0.920. The highest BCUT2D eigenvalue weighted by molar-refractivity contribution is 6.20. The number of furan rings is 1. The Morgan fingerprint density at radius 3 is 2.49 bits per heavy atom. The van der Waals surface area contributed by atoms with E-state index in [1.165, 1.54) is 49.7 Å². The maximum Gasteiger partial charge on any atom is 0.221 e. The summed E-state index contributed by atoms with van der Waals surface area (Å²) in [6.45, 7) is 13.5. The maximum atomic E-state index is 8.87. The second-order valence-electron chi connectivity index (χ2n) is 11.0. The van der Waals surface area contributed by atoms with Crippen LogP contribution >= 0.6 is 0 Å². The molecule has 0 N–H and O–H groups in total. The van der Waals surface area contributed by atoms with E-state index >= 15 is 0 Å². The van der Waals surface area contributed by atoms with Crippen LogP contribution in [0.3, 0.4) is 0 Å². The number of aromatic nitrogens is 1. The molecule has 176 valence electrons. The van der Waals surface area contributed by atoms with Crippen LogP contribution in [-0.2, 0) is 7.05 Å². The Kier molecular flexibility index (Phi) is 4.67. The summed E-state index contributed by atoms with van der Waals surface area (Å²) < 4.78 is 17.6. The van der Waals surface area contributed by atoms with Crippen molar-refractivity contribution in [2.24, 2.45) is 13.0 Å². The average molecular weight is 462 g/mol. The zero-order chi connectivity index (χ0) is 25.5. The van der Waals surface area contributed by atoms with Crippen LogP contribution in [0.5, 0.6) is 0 Å². The van der Waals surface area contributed by atoms with Crippen LogP contribution in [0.15, 0.2) is 59.1 Å². The van der Waals surface area contributed by atoms with E-state index in [0.29, 0.717) is 18.0 Å². The molecule has 0 fully saturated rings. The third-order valence-corrected chi connectivity index (χ3v) is 7.76. The van der Waals surface area contributed by atoms with Crippen LogP contribution < -0.4 is 4.57 Å². The molecular formula is C33H34NO+. The first kappa shape index (κ1) is 20.9. The Hall–Kier alpha value is -3.39. The van der Waals surface area contributed by atoms with Gasteiger partial charge in [-0.25, -0.2) is 4.57 Å². The number of benzene rings is 3. The molecule has 0 aliphatic heterocycles. The number of aryl methyl sites for hydroxylation is 1. The first-order valence-electron chi connectivity index (χ1n) is 13.3. The summed E-state index contributed by atoms with van der Waals surface area (Å²) in [5, 5.41) is 4.76. The molecule has 0 saturated heterocycles. The molecule has 0 unspecified atom stereocenters. The minimum absolute atomic E-state index is 0.421. The molecule has 2 heterocycles. The molecule has 0 spiro atoms. The van der Waals surface area contributed by atoms with E-state index in [2.05, 4.69) is 82.5 Å². The van der Waals surface area contributed by atoms with Crippen LogP contribution in [-0.4, -0.2) is 0 Å². The fourth-order valence-electron chi connectivity index (χ4n) is 5.88. The molecule has 2 aromatic heterocycles. The second kappa shape index (κ2) is 7.81. The summed E-state index contributed by atoms with van der Waals surface area (Å²) in [7, 11) is 2.04. The lowest BCUT2D eigenvalue weighted by atomic mass is 9.87. The molecule has 6 rings (SSSR count). The van der Waals surface area contributed by atoms with E-state index in [1.807, 2.05) is 19.2 Å². The van der Waals surface area contributed by atoms with Gasteiger partial charge in [-0.05, 0) is 77.4 Å². The summed E-state index contributed by atoms with van der Waals surface area (Å²) in [6.07, 6.45) is 1.50. The number of nitrogens with zero attached hydrogens (tertiary/aromatic N) is 1. The molecule has 0 atom stereocenters. The van der Waals surface area contributed by atoms with Gasteiger partial charge in [-0.15, -0.1) is 0 Å². The predicted molar refractivity (Wildman–Crippen MR) is 148 cm³/mol. The van der Waals surface area contributed by atoms with Gasteiger partial charge in [-0.3, -0.25) is 0 Å². The highest BCUT2D eigenvalue weighted by Gasteiger charge is 2.35. The van der Waals surface area contributed by atoms with Gasteiger partial charge in [0.25, 0.3) is 0 Å². The van der Waals surface area contributed by atoms with Gasteiger partial charge in [0.1, 0.15) is 19.6 Å². The van der Waals surface area contributed by atoms with Gasteiger partial charge in [0.05, 0.1) is 11.0 Å². The third kappa shape index (κ3) is 3.19. The monoisotopic (exact) mass is 461 g/mol. The van der Waals surface area contributed by atoms with E-state index in [9.17, 15) is 0 Å². The van der Waals surface area contributed by atoms with Crippen molar-refractivity contribution in [3.05, 3.63) is 88.2 Å². The topological polar surface area (TPSA) is 17.0 Å².